The minimum absolute atomic E-state index is 0.0484. The molecule has 1 aliphatic heterocycles. The van der Waals surface area contributed by atoms with Crippen LogP contribution in [0.15, 0.2) is 22.7 Å². The molecule has 0 N–H and O–H groups in total. The summed E-state index contributed by atoms with van der Waals surface area (Å²) < 4.78 is 0.684. The largest absolute Gasteiger partial charge is 0.342 e. The number of halogens is 2. The zero-order valence-corrected chi connectivity index (χ0v) is 12.2. The molecule has 0 atom stereocenters. The summed E-state index contributed by atoms with van der Waals surface area (Å²) in [6.45, 7) is 1.22. The van der Waals surface area contributed by atoms with Crippen LogP contribution in [0.5, 0.6) is 0 Å². The van der Waals surface area contributed by atoms with Crippen LogP contribution < -0.4 is 0 Å². The minimum atomic E-state index is -0.175. The molecule has 1 aromatic rings. The molecule has 0 aliphatic carbocycles. The lowest BCUT2D eigenvalue weighted by Gasteiger charge is -2.32. The van der Waals surface area contributed by atoms with Gasteiger partial charge in [-0.2, -0.15) is 0 Å². The lowest BCUT2D eigenvalue weighted by Crippen LogP contribution is -2.50. The van der Waals surface area contributed by atoms with Crippen molar-refractivity contribution in [3.63, 3.8) is 0 Å². The van der Waals surface area contributed by atoms with Crippen LogP contribution in [0.1, 0.15) is 10.4 Å². The molecule has 1 saturated heterocycles. The third-order valence-corrected chi connectivity index (χ3v) is 3.83. The van der Waals surface area contributed by atoms with Crippen molar-refractivity contribution in [2.24, 2.45) is 0 Å². The van der Waals surface area contributed by atoms with Crippen molar-refractivity contribution in [3.8, 4) is 0 Å². The molecule has 0 bridgehead atoms. The van der Waals surface area contributed by atoms with E-state index in [2.05, 4.69) is 15.9 Å². The van der Waals surface area contributed by atoms with E-state index in [1.807, 2.05) is 0 Å². The van der Waals surface area contributed by atoms with Gasteiger partial charge in [0.15, 0.2) is 0 Å². The van der Waals surface area contributed by atoms with Gasteiger partial charge < -0.3 is 9.80 Å². The van der Waals surface area contributed by atoms with Crippen LogP contribution >= 0.6 is 27.5 Å². The average molecular weight is 332 g/mol. The molecule has 1 fully saturated rings. The summed E-state index contributed by atoms with van der Waals surface area (Å²) in [6.07, 6.45) is 0. The van der Waals surface area contributed by atoms with Gasteiger partial charge in [0, 0.05) is 29.6 Å². The molecule has 4 nitrogen and oxygen atoms in total. The first-order chi connectivity index (χ1) is 8.49. The van der Waals surface area contributed by atoms with Gasteiger partial charge in [-0.25, -0.2) is 0 Å². The SMILES string of the molecule is CN1CCN(C(=O)c2cc(Cl)ccc2Br)CC1=O. The Hall–Kier alpha value is -1.07. The quantitative estimate of drug-likeness (QED) is 0.790. The first-order valence-corrected chi connectivity index (χ1v) is 6.64. The van der Waals surface area contributed by atoms with E-state index in [-0.39, 0.29) is 18.4 Å². The molecule has 1 aliphatic rings. The highest BCUT2D eigenvalue weighted by atomic mass is 79.9. The summed E-state index contributed by atoms with van der Waals surface area (Å²) >= 11 is 9.21. The van der Waals surface area contributed by atoms with Crippen molar-refractivity contribution in [3.05, 3.63) is 33.3 Å². The normalized spacial score (nSPS) is 16.1. The summed E-state index contributed by atoms with van der Waals surface area (Å²) in [7, 11) is 1.74. The minimum Gasteiger partial charge on any atom is -0.342 e. The average Bonchev–Trinajstić information content (AvgIpc) is 2.35. The summed E-state index contributed by atoms with van der Waals surface area (Å²) in [5, 5.41) is 0.502. The molecule has 2 amide bonds. The predicted octanol–water partition coefficient (Wildman–Crippen LogP) is 2.02. The molecule has 18 heavy (non-hydrogen) atoms. The fourth-order valence-corrected chi connectivity index (χ4v) is 2.35. The third-order valence-electron chi connectivity index (χ3n) is 2.90. The number of rotatable bonds is 1. The Balaban J connectivity index is 2.21. The maximum Gasteiger partial charge on any atom is 0.255 e. The second-order valence-electron chi connectivity index (χ2n) is 4.17. The third kappa shape index (κ3) is 2.67. The van der Waals surface area contributed by atoms with Gasteiger partial charge in [-0.05, 0) is 34.1 Å². The van der Waals surface area contributed by atoms with E-state index in [9.17, 15) is 9.59 Å². The number of benzene rings is 1. The number of carbonyl (C=O) groups is 2. The van der Waals surface area contributed by atoms with Crippen LogP contribution in [0.2, 0.25) is 5.02 Å². The Kier molecular flexibility index (Phi) is 3.92. The molecule has 1 heterocycles. The first-order valence-electron chi connectivity index (χ1n) is 5.47. The van der Waals surface area contributed by atoms with Crippen LogP contribution in [0, 0.1) is 0 Å². The van der Waals surface area contributed by atoms with Gasteiger partial charge in [0.05, 0.1) is 5.56 Å². The smallest absolute Gasteiger partial charge is 0.255 e. The van der Waals surface area contributed by atoms with Crippen LogP contribution in [0.3, 0.4) is 0 Å². The molecule has 6 heteroatoms. The van der Waals surface area contributed by atoms with Gasteiger partial charge in [0.1, 0.15) is 6.54 Å². The van der Waals surface area contributed by atoms with Gasteiger partial charge in [-0.15, -0.1) is 0 Å². The molecule has 0 aromatic heterocycles. The molecule has 0 spiro atoms. The van der Waals surface area contributed by atoms with E-state index in [1.54, 1.807) is 35.0 Å². The molecule has 0 unspecified atom stereocenters. The molecule has 0 radical (unpaired) electrons. The number of hydrogen-bond donors (Lipinski definition) is 0. The fraction of sp³-hybridized carbons (Fsp3) is 0.333. The van der Waals surface area contributed by atoms with E-state index in [1.165, 1.54) is 0 Å². The van der Waals surface area contributed by atoms with E-state index >= 15 is 0 Å². The maximum atomic E-state index is 12.3. The second kappa shape index (κ2) is 5.28. The Morgan fingerprint density at radius 3 is 2.78 bits per heavy atom. The van der Waals surface area contributed by atoms with E-state index in [0.717, 1.165) is 0 Å². The van der Waals surface area contributed by atoms with E-state index in [4.69, 9.17) is 11.6 Å². The van der Waals surface area contributed by atoms with Crippen LogP contribution in [-0.4, -0.2) is 48.3 Å². The second-order valence-corrected chi connectivity index (χ2v) is 5.46. The Bertz CT molecular complexity index is 507. The fourth-order valence-electron chi connectivity index (χ4n) is 1.76. The lowest BCUT2D eigenvalue weighted by atomic mass is 10.2. The Morgan fingerprint density at radius 2 is 2.11 bits per heavy atom. The Labute approximate surface area is 119 Å². The highest BCUT2D eigenvalue weighted by Gasteiger charge is 2.26. The topological polar surface area (TPSA) is 40.6 Å². The highest BCUT2D eigenvalue weighted by molar-refractivity contribution is 9.10. The van der Waals surface area contributed by atoms with Crippen LogP contribution in [0.25, 0.3) is 0 Å². The predicted molar refractivity (Wildman–Crippen MR) is 72.7 cm³/mol. The van der Waals surface area contributed by atoms with Gasteiger partial charge in [0.25, 0.3) is 5.91 Å². The summed E-state index contributed by atoms with van der Waals surface area (Å²) in [4.78, 5) is 27.0. The number of carbonyl (C=O) groups excluding carboxylic acids is 2. The molecule has 96 valence electrons. The number of hydrogen-bond acceptors (Lipinski definition) is 2. The zero-order valence-electron chi connectivity index (χ0n) is 9.82. The van der Waals surface area contributed by atoms with Gasteiger partial charge in [-0.1, -0.05) is 11.6 Å². The van der Waals surface area contributed by atoms with Crippen molar-refractivity contribution >= 4 is 39.3 Å². The van der Waals surface area contributed by atoms with Gasteiger partial charge in [-0.3, -0.25) is 9.59 Å². The van der Waals surface area contributed by atoms with Crippen molar-refractivity contribution in [2.75, 3.05) is 26.7 Å². The van der Waals surface area contributed by atoms with Gasteiger partial charge >= 0.3 is 0 Å². The standard InChI is InChI=1S/C12H12BrClN2O2/c1-15-4-5-16(7-11(15)17)12(18)9-6-8(14)2-3-10(9)13/h2-3,6H,4-5,7H2,1H3. The van der Waals surface area contributed by atoms with Crippen LogP contribution in [-0.2, 0) is 4.79 Å². The van der Waals surface area contributed by atoms with E-state index in [0.29, 0.717) is 28.1 Å². The van der Waals surface area contributed by atoms with Crippen molar-refractivity contribution < 1.29 is 9.59 Å². The number of piperazine rings is 1. The molecule has 2 rings (SSSR count). The summed E-state index contributed by atoms with van der Waals surface area (Å²) in [5.74, 6) is -0.224. The molecular weight excluding hydrogens is 320 g/mol. The molecule has 0 saturated carbocycles. The van der Waals surface area contributed by atoms with Gasteiger partial charge in [0.2, 0.25) is 5.91 Å². The van der Waals surface area contributed by atoms with Crippen LogP contribution in [0.4, 0.5) is 0 Å². The van der Waals surface area contributed by atoms with Crippen molar-refractivity contribution in [2.45, 2.75) is 0 Å². The zero-order chi connectivity index (χ0) is 13.3. The first kappa shape index (κ1) is 13.4. The van der Waals surface area contributed by atoms with Crippen molar-refractivity contribution in [1.82, 2.24) is 9.80 Å². The monoisotopic (exact) mass is 330 g/mol. The summed E-state index contributed by atoms with van der Waals surface area (Å²) in [5.41, 5.74) is 0.486. The molecular formula is C12H12BrClN2O2. The number of likely N-dealkylation sites (N-methyl/N-ethyl adjacent to an activating group) is 1. The molecule has 1 aromatic carbocycles. The van der Waals surface area contributed by atoms with Crippen molar-refractivity contribution in [1.29, 1.82) is 0 Å². The lowest BCUT2D eigenvalue weighted by molar-refractivity contribution is -0.133. The number of amides is 2. The number of nitrogens with zero attached hydrogens (tertiary/aromatic N) is 2. The highest BCUT2D eigenvalue weighted by Crippen LogP contribution is 2.23. The summed E-state index contributed by atoms with van der Waals surface area (Å²) in [6, 6.07) is 5.04. The van der Waals surface area contributed by atoms with E-state index < -0.39 is 0 Å². The maximum absolute atomic E-state index is 12.3. The Morgan fingerprint density at radius 1 is 1.39 bits per heavy atom.